The molecule has 0 fully saturated rings. The number of nitrogens with one attached hydrogen (secondary N) is 2. The van der Waals surface area contributed by atoms with Gasteiger partial charge in [-0.15, -0.1) is 0 Å². The molecular formula is C20H14N4O3. The zero-order chi connectivity index (χ0) is 18.6. The highest BCUT2D eigenvalue weighted by molar-refractivity contribution is 5.98. The van der Waals surface area contributed by atoms with Crippen LogP contribution in [0.2, 0.25) is 0 Å². The molecule has 0 saturated heterocycles. The first-order valence-corrected chi connectivity index (χ1v) is 8.19. The smallest absolute Gasteiger partial charge is 0.308 e. The topological polar surface area (TPSA) is 97.1 Å². The summed E-state index contributed by atoms with van der Waals surface area (Å²) >= 11 is 0. The molecule has 27 heavy (non-hydrogen) atoms. The van der Waals surface area contributed by atoms with Crippen LogP contribution < -0.4 is 10.9 Å². The molecule has 2 aromatic carbocycles. The third kappa shape index (κ3) is 3.52. The number of fused-ring (bicyclic) bond motifs is 1. The Labute approximate surface area is 154 Å². The van der Waals surface area contributed by atoms with Crippen LogP contribution in [0, 0.1) is 0 Å². The van der Waals surface area contributed by atoms with Crippen LogP contribution in [0.5, 0.6) is 0 Å². The van der Waals surface area contributed by atoms with E-state index in [0.29, 0.717) is 11.2 Å². The molecule has 4 rings (SSSR count). The van der Waals surface area contributed by atoms with Crippen molar-refractivity contribution in [2.45, 2.75) is 0 Å². The molecule has 0 radical (unpaired) electrons. The van der Waals surface area contributed by atoms with Gasteiger partial charge in [-0.3, -0.25) is 20.4 Å². The van der Waals surface area contributed by atoms with Crippen LogP contribution in [-0.4, -0.2) is 22.0 Å². The molecule has 0 aliphatic heterocycles. The molecule has 2 heterocycles. The first-order chi connectivity index (χ1) is 13.2. The van der Waals surface area contributed by atoms with E-state index in [0.717, 1.165) is 10.9 Å². The number of benzene rings is 2. The van der Waals surface area contributed by atoms with E-state index in [-0.39, 0.29) is 11.5 Å². The number of para-hydroxylation sites is 1. The van der Waals surface area contributed by atoms with Gasteiger partial charge in [-0.05, 0) is 12.1 Å². The van der Waals surface area contributed by atoms with E-state index in [1.54, 1.807) is 12.1 Å². The average molecular weight is 358 g/mol. The Bertz CT molecular complexity index is 1120. The van der Waals surface area contributed by atoms with Crippen molar-refractivity contribution in [2.75, 3.05) is 0 Å². The Balaban J connectivity index is 1.42. The average Bonchev–Trinajstić information content (AvgIpc) is 3.22. The van der Waals surface area contributed by atoms with E-state index in [4.69, 9.17) is 4.52 Å². The van der Waals surface area contributed by atoms with E-state index in [1.165, 1.54) is 6.07 Å². The van der Waals surface area contributed by atoms with Gasteiger partial charge in [0.2, 0.25) is 5.76 Å². The molecule has 0 bridgehead atoms. The van der Waals surface area contributed by atoms with Gasteiger partial charge in [0.15, 0.2) is 0 Å². The van der Waals surface area contributed by atoms with Gasteiger partial charge in [0.25, 0.3) is 5.91 Å². The standard InChI is InChI=1S/C20H14N4O3/c25-19(16-11-10-14-8-4-5-9-15(14)21-16)22-23-20(26)18-12-17(24-27-18)13-6-2-1-3-7-13/h1-12H,(H,22,25)(H,23,26). The molecule has 132 valence electrons. The minimum atomic E-state index is -0.612. The largest absolute Gasteiger partial charge is 0.350 e. The summed E-state index contributed by atoms with van der Waals surface area (Å²) in [4.78, 5) is 28.6. The van der Waals surface area contributed by atoms with Crippen LogP contribution in [-0.2, 0) is 0 Å². The van der Waals surface area contributed by atoms with Crippen molar-refractivity contribution < 1.29 is 14.1 Å². The molecule has 2 aromatic heterocycles. The SMILES string of the molecule is O=C(NNC(=O)c1cc(-c2ccccc2)no1)c1ccc2ccccc2n1. The molecule has 2 N–H and O–H groups in total. The summed E-state index contributed by atoms with van der Waals surface area (Å²) in [6.45, 7) is 0. The van der Waals surface area contributed by atoms with Crippen LogP contribution in [0.15, 0.2) is 77.3 Å². The molecule has 0 aliphatic carbocycles. The Kier molecular flexibility index (Phi) is 4.32. The van der Waals surface area contributed by atoms with Crippen molar-refractivity contribution in [3.05, 3.63) is 84.3 Å². The maximum absolute atomic E-state index is 12.2. The van der Waals surface area contributed by atoms with Crippen molar-refractivity contribution in [3.63, 3.8) is 0 Å². The quantitative estimate of drug-likeness (QED) is 0.549. The van der Waals surface area contributed by atoms with Gasteiger partial charge in [-0.1, -0.05) is 59.8 Å². The van der Waals surface area contributed by atoms with Gasteiger partial charge < -0.3 is 4.52 Å². The van der Waals surface area contributed by atoms with Crippen LogP contribution in [0.3, 0.4) is 0 Å². The van der Waals surface area contributed by atoms with Gasteiger partial charge in [-0.25, -0.2) is 4.98 Å². The number of carbonyl (C=O) groups excluding carboxylic acids is 2. The van der Waals surface area contributed by atoms with Gasteiger partial charge in [0.1, 0.15) is 11.4 Å². The lowest BCUT2D eigenvalue weighted by Gasteiger charge is -2.05. The highest BCUT2D eigenvalue weighted by atomic mass is 16.5. The predicted octanol–water partition coefficient (Wildman–Crippen LogP) is 2.96. The number of hydrazine groups is 1. The van der Waals surface area contributed by atoms with Crippen molar-refractivity contribution in [1.82, 2.24) is 21.0 Å². The second kappa shape index (κ2) is 7.09. The zero-order valence-electron chi connectivity index (χ0n) is 14.0. The highest BCUT2D eigenvalue weighted by Crippen LogP contribution is 2.18. The molecule has 0 spiro atoms. The Morgan fingerprint density at radius 1 is 0.815 bits per heavy atom. The summed E-state index contributed by atoms with van der Waals surface area (Å²) in [6, 6.07) is 21.6. The fourth-order valence-corrected chi connectivity index (χ4v) is 2.56. The number of carbonyl (C=O) groups is 2. The van der Waals surface area contributed by atoms with Gasteiger partial charge in [0.05, 0.1) is 5.52 Å². The molecule has 0 unspecified atom stereocenters. The summed E-state index contributed by atoms with van der Waals surface area (Å²) in [5.74, 6) is -1.16. The fourth-order valence-electron chi connectivity index (χ4n) is 2.56. The Morgan fingerprint density at radius 3 is 2.41 bits per heavy atom. The second-order valence-electron chi connectivity index (χ2n) is 5.74. The Hall–Kier alpha value is -4.00. The van der Waals surface area contributed by atoms with Crippen molar-refractivity contribution in [1.29, 1.82) is 0 Å². The maximum atomic E-state index is 12.2. The van der Waals surface area contributed by atoms with Gasteiger partial charge in [0, 0.05) is 17.0 Å². The molecule has 4 aromatic rings. The third-order valence-electron chi connectivity index (χ3n) is 3.92. The number of amides is 2. The van der Waals surface area contributed by atoms with E-state index in [2.05, 4.69) is 21.0 Å². The number of aromatic nitrogens is 2. The molecular weight excluding hydrogens is 344 g/mol. The molecule has 0 aliphatic rings. The number of hydrogen-bond donors (Lipinski definition) is 2. The number of nitrogens with zero attached hydrogens (tertiary/aromatic N) is 2. The second-order valence-corrected chi connectivity index (χ2v) is 5.74. The monoisotopic (exact) mass is 358 g/mol. The van der Waals surface area contributed by atoms with E-state index < -0.39 is 11.8 Å². The first kappa shape index (κ1) is 16.5. The lowest BCUT2D eigenvalue weighted by atomic mass is 10.1. The first-order valence-electron chi connectivity index (χ1n) is 8.19. The normalized spacial score (nSPS) is 10.5. The summed E-state index contributed by atoms with van der Waals surface area (Å²) in [5, 5.41) is 4.79. The highest BCUT2D eigenvalue weighted by Gasteiger charge is 2.15. The minimum absolute atomic E-state index is 0.0133. The van der Waals surface area contributed by atoms with E-state index in [1.807, 2.05) is 54.6 Å². The summed E-state index contributed by atoms with van der Waals surface area (Å²) < 4.78 is 5.05. The Morgan fingerprint density at radius 2 is 1.56 bits per heavy atom. The summed E-state index contributed by atoms with van der Waals surface area (Å²) in [5.41, 5.74) is 6.86. The predicted molar refractivity (Wildman–Crippen MR) is 98.6 cm³/mol. The fraction of sp³-hybridized carbons (Fsp3) is 0. The number of pyridine rings is 1. The zero-order valence-corrected chi connectivity index (χ0v) is 14.0. The molecule has 0 saturated carbocycles. The number of hydrogen-bond acceptors (Lipinski definition) is 5. The molecule has 2 amide bonds. The third-order valence-corrected chi connectivity index (χ3v) is 3.92. The maximum Gasteiger partial charge on any atom is 0.308 e. The van der Waals surface area contributed by atoms with E-state index >= 15 is 0 Å². The van der Waals surface area contributed by atoms with Crippen molar-refractivity contribution >= 4 is 22.7 Å². The van der Waals surface area contributed by atoms with Gasteiger partial charge in [-0.2, -0.15) is 0 Å². The van der Waals surface area contributed by atoms with Crippen molar-refractivity contribution in [2.24, 2.45) is 0 Å². The van der Waals surface area contributed by atoms with Crippen molar-refractivity contribution in [3.8, 4) is 11.3 Å². The lowest BCUT2D eigenvalue weighted by molar-refractivity contribution is 0.0823. The van der Waals surface area contributed by atoms with E-state index in [9.17, 15) is 9.59 Å². The number of rotatable bonds is 3. The minimum Gasteiger partial charge on any atom is -0.350 e. The molecule has 7 heteroatoms. The summed E-state index contributed by atoms with van der Waals surface area (Å²) in [7, 11) is 0. The summed E-state index contributed by atoms with van der Waals surface area (Å²) in [6.07, 6.45) is 0. The molecule has 7 nitrogen and oxygen atoms in total. The molecule has 0 atom stereocenters. The van der Waals surface area contributed by atoms with Crippen LogP contribution in [0.1, 0.15) is 21.0 Å². The lowest BCUT2D eigenvalue weighted by Crippen LogP contribution is -2.41. The van der Waals surface area contributed by atoms with Crippen LogP contribution in [0.4, 0.5) is 0 Å². The van der Waals surface area contributed by atoms with Crippen LogP contribution in [0.25, 0.3) is 22.2 Å². The van der Waals surface area contributed by atoms with Gasteiger partial charge >= 0.3 is 5.91 Å². The van der Waals surface area contributed by atoms with Crippen LogP contribution >= 0.6 is 0 Å².